The summed E-state index contributed by atoms with van der Waals surface area (Å²) in [6.45, 7) is 4.41. The van der Waals surface area contributed by atoms with Gasteiger partial charge in [-0.15, -0.1) is 0 Å². The minimum Gasteiger partial charge on any atom is -0.399 e. The van der Waals surface area contributed by atoms with Gasteiger partial charge in [0.25, 0.3) is 0 Å². The summed E-state index contributed by atoms with van der Waals surface area (Å²) in [6.07, 6.45) is -4.53. The van der Waals surface area contributed by atoms with Crippen molar-refractivity contribution in [2.75, 3.05) is 34.9 Å². The summed E-state index contributed by atoms with van der Waals surface area (Å²) in [7, 11) is 1.65. The zero-order valence-electron chi connectivity index (χ0n) is 15.4. The molecule has 8 heteroatoms. The predicted octanol–water partition coefficient (Wildman–Crippen LogP) is 5.19. The molecule has 2 rings (SSSR count). The molecule has 0 saturated carbocycles. The number of hydrogen-bond donors (Lipinski definition) is 3. The molecule has 146 valence electrons. The van der Waals surface area contributed by atoms with Gasteiger partial charge in [-0.05, 0) is 54.5 Å². The molecule has 0 unspecified atom stereocenters. The highest BCUT2D eigenvalue weighted by molar-refractivity contribution is 7.80. The van der Waals surface area contributed by atoms with Crippen molar-refractivity contribution in [3.05, 3.63) is 48.0 Å². The van der Waals surface area contributed by atoms with Gasteiger partial charge < -0.3 is 21.3 Å². The highest BCUT2D eigenvalue weighted by atomic mass is 32.1. The van der Waals surface area contributed by atoms with Crippen LogP contribution in [0, 0.1) is 5.92 Å². The first kappa shape index (κ1) is 20.8. The molecule has 0 aliphatic carbocycles. The number of nitrogens with one attached hydrogen (secondary N) is 2. The van der Waals surface area contributed by atoms with Gasteiger partial charge in [0, 0.05) is 25.0 Å². The number of alkyl halides is 3. The predicted molar refractivity (Wildman–Crippen MR) is 110 cm³/mol. The van der Waals surface area contributed by atoms with Gasteiger partial charge in [-0.2, -0.15) is 13.2 Å². The van der Waals surface area contributed by atoms with Crippen molar-refractivity contribution < 1.29 is 13.2 Å². The van der Waals surface area contributed by atoms with Crippen molar-refractivity contribution in [3.63, 3.8) is 0 Å². The van der Waals surface area contributed by atoms with E-state index in [4.69, 9.17) is 18.0 Å². The minimum absolute atomic E-state index is 0.0638. The van der Waals surface area contributed by atoms with Gasteiger partial charge in [0.2, 0.25) is 0 Å². The molecule has 0 heterocycles. The van der Waals surface area contributed by atoms with Crippen LogP contribution in [0.2, 0.25) is 0 Å². The minimum atomic E-state index is -4.53. The van der Waals surface area contributed by atoms with E-state index in [1.54, 1.807) is 42.3 Å². The number of nitrogens with zero attached hydrogens (tertiary/aromatic N) is 1. The third kappa shape index (κ3) is 5.75. The van der Waals surface area contributed by atoms with Crippen LogP contribution in [0.15, 0.2) is 42.5 Å². The average molecular weight is 396 g/mol. The first-order valence-electron chi connectivity index (χ1n) is 8.43. The summed E-state index contributed by atoms with van der Waals surface area (Å²) in [5, 5.41) is 5.60. The fraction of sp³-hybridized carbons (Fsp3) is 0.316. The van der Waals surface area contributed by atoms with Crippen molar-refractivity contribution in [2.45, 2.75) is 20.0 Å². The number of nitrogen functional groups attached to an aromatic ring is 1. The number of benzene rings is 2. The van der Waals surface area contributed by atoms with Crippen LogP contribution in [0.5, 0.6) is 0 Å². The third-order valence-electron chi connectivity index (χ3n) is 3.79. The lowest BCUT2D eigenvalue weighted by atomic mass is 10.1. The normalized spacial score (nSPS) is 11.4. The first-order valence-corrected chi connectivity index (χ1v) is 8.83. The second kappa shape index (κ2) is 8.47. The van der Waals surface area contributed by atoms with Gasteiger partial charge in [-0.3, -0.25) is 0 Å². The maximum atomic E-state index is 13.8. The molecule has 0 spiro atoms. The summed E-state index contributed by atoms with van der Waals surface area (Å²) in [4.78, 5) is 1.61. The molecule has 4 nitrogen and oxygen atoms in total. The molecular weight excluding hydrogens is 373 g/mol. The lowest BCUT2D eigenvalue weighted by Gasteiger charge is -2.27. The molecule has 0 aliphatic heterocycles. The van der Waals surface area contributed by atoms with E-state index in [2.05, 4.69) is 10.6 Å². The highest BCUT2D eigenvalue weighted by Gasteiger charge is 2.37. The van der Waals surface area contributed by atoms with Crippen molar-refractivity contribution >= 4 is 40.1 Å². The monoisotopic (exact) mass is 396 g/mol. The van der Waals surface area contributed by atoms with Crippen LogP contribution in [0.4, 0.5) is 35.9 Å². The summed E-state index contributed by atoms with van der Waals surface area (Å²) in [5.74, 6) is 0.223. The smallest absolute Gasteiger partial charge is 0.399 e. The first-order chi connectivity index (χ1) is 12.6. The number of hydrogen-bond acceptors (Lipinski definition) is 3. The Balaban J connectivity index is 2.29. The van der Waals surface area contributed by atoms with Crippen molar-refractivity contribution in [3.8, 4) is 0 Å². The maximum absolute atomic E-state index is 13.8. The third-order valence-corrected chi connectivity index (χ3v) is 4.00. The second-order valence-corrected chi connectivity index (χ2v) is 7.08. The van der Waals surface area contributed by atoms with E-state index in [0.29, 0.717) is 17.9 Å². The summed E-state index contributed by atoms with van der Waals surface area (Å²) < 4.78 is 41.4. The van der Waals surface area contributed by atoms with E-state index < -0.39 is 11.7 Å². The summed E-state index contributed by atoms with van der Waals surface area (Å²) >= 11 is 5.18. The lowest BCUT2D eigenvalue weighted by molar-refractivity contribution is -0.136. The Morgan fingerprint density at radius 3 is 2.30 bits per heavy atom. The standard InChI is InChI=1S/C19H23F3N4S/c1-12(2)11-26(3)16-6-4-5-15(17(16)19(20,21)22)25-18(27)24-14-9-7-13(23)8-10-14/h4-10,12H,11,23H2,1-3H3,(H2,24,25,27). The topological polar surface area (TPSA) is 53.3 Å². The Labute approximate surface area is 162 Å². The molecule has 0 amide bonds. The van der Waals surface area contributed by atoms with Gasteiger partial charge in [-0.1, -0.05) is 19.9 Å². The molecule has 2 aromatic rings. The number of thiocarbonyl (C=S) groups is 1. The number of halogens is 3. The van der Waals surface area contributed by atoms with Crippen LogP contribution < -0.4 is 21.3 Å². The fourth-order valence-corrected chi connectivity index (χ4v) is 2.99. The Morgan fingerprint density at radius 2 is 1.74 bits per heavy atom. The van der Waals surface area contributed by atoms with E-state index >= 15 is 0 Å². The molecular formula is C19H23F3N4S. The van der Waals surface area contributed by atoms with Crippen LogP contribution in [0.1, 0.15) is 19.4 Å². The van der Waals surface area contributed by atoms with Gasteiger partial charge in [0.05, 0.1) is 11.4 Å². The molecule has 0 radical (unpaired) electrons. The molecule has 0 aliphatic rings. The number of rotatable bonds is 5. The maximum Gasteiger partial charge on any atom is 0.420 e. The lowest BCUT2D eigenvalue weighted by Crippen LogP contribution is -2.27. The Kier molecular flexibility index (Phi) is 6.54. The molecule has 0 bridgehead atoms. The van der Waals surface area contributed by atoms with Gasteiger partial charge >= 0.3 is 6.18 Å². The van der Waals surface area contributed by atoms with E-state index in [1.165, 1.54) is 12.1 Å². The average Bonchev–Trinajstić information content (AvgIpc) is 2.55. The Bertz CT molecular complexity index is 789. The molecule has 0 fully saturated rings. The van der Waals surface area contributed by atoms with Crippen molar-refractivity contribution in [1.82, 2.24) is 0 Å². The van der Waals surface area contributed by atoms with Crippen LogP contribution in [0.3, 0.4) is 0 Å². The highest BCUT2D eigenvalue weighted by Crippen LogP contribution is 2.41. The second-order valence-electron chi connectivity index (χ2n) is 6.67. The van der Waals surface area contributed by atoms with E-state index in [9.17, 15) is 13.2 Å². The Hall–Kier alpha value is -2.48. The number of anilines is 4. The quantitative estimate of drug-likeness (QED) is 0.480. The SMILES string of the molecule is CC(C)CN(C)c1cccc(NC(=S)Nc2ccc(N)cc2)c1C(F)(F)F. The molecule has 27 heavy (non-hydrogen) atoms. The van der Waals surface area contributed by atoms with Crippen LogP contribution in [0.25, 0.3) is 0 Å². The molecule has 0 atom stereocenters. The summed E-state index contributed by atoms with van der Waals surface area (Å²) in [5.41, 5.74) is 6.11. The fourth-order valence-electron chi connectivity index (χ4n) is 2.76. The van der Waals surface area contributed by atoms with Crippen molar-refractivity contribution in [1.29, 1.82) is 0 Å². The van der Waals surface area contributed by atoms with E-state index in [1.807, 2.05) is 13.8 Å². The van der Waals surface area contributed by atoms with Crippen LogP contribution in [-0.2, 0) is 6.18 Å². The molecule has 0 aromatic heterocycles. The van der Waals surface area contributed by atoms with Gasteiger partial charge in [0.15, 0.2) is 5.11 Å². The van der Waals surface area contributed by atoms with Gasteiger partial charge in [0.1, 0.15) is 5.56 Å². The summed E-state index contributed by atoms with van der Waals surface area (Å²) in [6, 6.07) is 11.2. The van der Waals surface area contributed by atoms with Gasteiger partial charge in [-0.25, -0.2) is 0 Å². The molecule has 2 aromatic carbocycles. The molecule has 4 N–H and O–H groups in total. The Morgan fingerprint density at radius 1 is 1.11 bits per heavy atom. The largest absolute Gasteiger partial charge is 0.420 e. The van der Waals surface area contributed by atoms with Crippen LogP contribution >= 0.6 is 12.2 Å². The zero-order chi connectivity index (χ0) is 20.2. The van der Waals surface area contributed by atoms with E-state index in [0.717, 1.165) is 0 Å². The number of nitrogens with two attached hydrogens (primary N) is 1. The zero-order valence-corrected chi connectivity index (χ0v) is 16.2. The van der Waals surface area contributed by atoms with Crippen LogP contribution in [-0.4, -0.2) is 18.7 Å². The van der Waals surface area contributed by atoms with E-state index in [-0.39, 0.29) is 22.4 Å². The van der Waals surface area contributed by atoms with Crippen molar-refractivity contribution in [2.24, 2.45) is 5.92 Å². The molecule has 0 saturated heterocycles.